The molecule has 2 aromatic heterocycles. The number of pyridine rings is 1. The van der Waals surface area contributed by atoms with Crippen molar-refractivity contribution in [2.45, 2.75) is 20.3 Å². The summed E-state index contributed by atoms with van der Waals surface area (Å²) in [6, 6.07) is 5.71. The van der Waals surface area contributed by atoms with Crippen LogP contribution in [0, 0.1) is 13.8 Å². The molecule has 0 atom stereocenters. The van der Waals surface area contributed by atoms with Gasteiger partial charge in [-0.05, 0) is 49.6 Å². The van der Waals surface area contributed by atoms with Gasteiger partial charge in [0, 0.05) is 26.0 Å². The molecule has 1 amide bonds. The standard InChI is InChI=1S/C15H18N2O2/c1-11-10-14(19-12(11)2)15(18)17(3)9-6-13-4-7-16-8-5-13/h4-5,7-8,10H,6,9H2,1-3H3. The third-order valence-electron chi connectivity index (χ3n) is 3.21. The molecule has 0 aliphatic rings. The number of carbonyl (C=O) groups is 1. The average Bonchev–Trinajstić information content (AvgIpc) is 2.76. The highest BCUT2D eigenvalue weighted by molar-refractivity contribution is 5.91. The van der Waals surface area contributed by atoms with Crippen molar-refractivity contribution in [2.24, 2.45) is 0 Å². The lowest BCUT2D eigenvalue weighted by atomic mass is 10.2. The van der Waals surface area contributed by atoms with Gasteiger partial charge in [-0.1, -0.05) is 0 Å². The summed E-state index contributed by atoms with van der Waals surface area (Å²) in [6.07, 6.45) is 4.33. The largest absolute Gasteiger partial charge is 0.456 e. The van der Waals surface area contributed by atoms with Crippen LogP contribution in [0.4, 0.5) is 0 Å². The lowest BCUT2D eigenvalue weighted by Gasteiger charge is -2.15. The molecule has 0 fully saturated rings. The number of aryl methyl sites for hydroxylation is 2. The highest BCUT2D eigenvalue weighted by Crippen LogP contribution is 2.14. The van der Waals surface area contributed by atoms with E-state index in [0.29, 0.717) is 12.3 Å². The van der Waals surface area contributed by atoms with E-state index in [1.807, 2.05) is 26.0 Å². The summed E-state index contributed by atoms with van der Waals surface area (Å²) in [7, 11) is 1.79. The first-order chi connectivity index (χ1) is 9.08. The molecule has 2 rings (SSSR count). The maximum atomic E-state index is 12.2. The van der Waals surface area contributed by atoms with Crippen LogP contribution in [0.15, 0.2) is 35.0 Å². The molecule has 100 valence electrons. The van der Waals surface area contributed by atoms with E-state index in [9.17, 15) is 4.79 Å². The van der Waals surface area contributed by atoms with Crippen molar-refractivity contribution < 1.29 is 9.21 Å². The Balaban J connectivity index is 1.96. The summed E-state index contributed by atoms with van der Waals surface area (Å²) in [4.78, 5) is 17.8. The van der Waals surface area contributed by atoms with Gasteiger partial charge in [0.05, 0.1) is 0 Å². The summed E-state index contributed by atoms with van der Waals surface area (Å²) in [5.41, 5.74) is 2.17. The smallest absolute Gasteiger partial charge is 0.289 e. The third-order valence-corrected chi connectivity index (χ3v) is 3.21. The quantitative estimate of drug-likeness (QED) is 0.846. The van der Waals surface area contributed by atoms with Crippen LogP contribution >= 0.6 is 0 Å². The molecule has 0 saturated carbocycles. The molecule has 0 unspecified atom stereocenters. The summed E-state index contributed by atoms with van der Waals surface area (Å²) in [6.45, 7) is 4.46. The van der Waals surface area contributed by atoms with Gasteiger partial charge >= 0.3 is 0 Å². The van der Waals surface area contributed by atoms with E-state index in [1.165, 1.54) is 5.56 Å². The van der Waals surface area contributed by atoms with Crippen molar-refractivity contribution in [2.75, 3.05) is 13.6 Å². The van der Waals surface area contributed by atoms with Gasteiger partial charge in [0.25, 0.3) is 5.91 Å². The monoisotopic (exact) mass is 258 g/mol. The van der Waals surface area contributed by atoms with Crippen molar-refractivity contribution >= 4 is 5.91 Å². The van der Waals surface area contributed by atoms with Crippen LogP contribution in [-0.2, 0) is 6.42 Å². The Morgan fingerprint density at radius 2 is 2.00 bits per heavy atom. The average molecular weight is 258 g/mol. The Labute approximate surface area is 113 Å². The van der Waals surface area contributed by atoms with Crippen molar-refractivity contribution in [1.82, 2.24) is 9.88 Å². The van der Waals surface area contributed by atoms with Gasteiger partial charge in [-0.25, -0.2) is 0 Å². The Kier molecular flexibility index (Phi) is 4.00. The maximum Gasteiger partial charge on any atom is 0.289 e. The first-order valence-corrected chi connectivity index (χ1v) is 6.29. The second kappa shape index (κ2) is 5.69. The Bertz CT molecular complexity index is 541. The Morgan fingerprint density at radius 3 is 2.58 bits per heavy atom. The first kappa shape index (κ1) is 13.3. The first-order valence-electron chi connectivity index (χ1n) is 6.29. The van der Waals surface area contributed by atoms with Crippen molar-refractivity contribution in [1.29, 1.82) is 0 Å². The Hall–Kier alpha value is -2.10. The van der Waals surface area contributed by atoms with E-state index >= 15 is 0 Å². The number of hydrogen-bond donors (Lipinski definition) is 0. The molecule has 0 spiro atoms. The second-order valence-corrected chi connectivity index (χ2v) is 4.68. The normalized spacial score (nSPS) is 10.5. The second-order valence-electron chi connectivity index (χ2n) is 4.68. The van der Waals surface area contributed by atoms with Crippen LogP contribution in [0.1, 0.15) is 27.4 Å². The third kappa shape index (κ3) is 3.22. The van der Waals surface area contributed by atoms with Crippen LogP contribution in [0.2, 0.25) is 0 Å². The number of aromatic nitrogens is 1. The van der Waals surface area contributed by atoms with Gasteiger partial charge < -0.3 is 9.32 Å². The number of nitrogens with zero attached hydrogens (tertiary/aromatic N) is 2. The zero-order valence-electron chi connectivity index (χ0n) is 11.5. The van der Waals surface area contributed by atoms with Gasteiger partial charge in [-0.15, -0.1) is 0 Å². The molecule has 0 bridgehead atoms. The van der Waals surface area contributed by atoms with Crippen LogP contribution in [0.5, 0.6) is 0 Å². The number of likely N-dealkylation sites (N-methyl/N-ethyl adjacent to an activating group) is 1. The van der Waals surface area contributed by atoms with Crippen LogP contribution in [0.3, 0.4) is 0 Å². The summed E-state index contributed by atoms with van der Waals surface area (Å²) >= 11 is 0. The zero-order chi connectivity index (χ0) is 13.8. The maximum absolute atomic E-state index is 12.2. The molecule has 4 heteroatoms. The number of carbonyl (C=O) groups excluding carboxylic acids is 1. The molecule has 2 heterocycles. The van der Waals surface area contributed by atoms with Gasteiger partial charge in [-0.3, -0.25) is 9.78 Å². The molecule has 4 nitrogen and oxygen atoms in total. The predicted molar refractivity (Wildman–Crippen MR) is 73.1 cm³/mol. The van der Waals surface area contributed by atoms with Gasteiger partial charge in [0.15, 0.2) is 5.76 Å². The van der Waals surface area contributed by atoms with Crippen molar-refractivity contribution in [3.05, 3.63) is 53.2 Å². The number of amides is 1. The summed E-state index contributed by atoms with van der Waals surface area (Å²) < 4.78 is 5.45. The SMILES string of the molecule is Cc1cc(C(=O)N(C)CCc2ccncc2)oc1C. The minimum Gasteiger partial charge on any atom is -0.456 e. The fraction of sp³-hybridized carbons (Fsp3) is 0.333. The Morgan fingerprint density at radius 1 is 1.32 bits per heavy atom. The molecular weight excluding hydrogens is 240 g/mol. The zero-order valence-corrected chi connectivity index (χ0v) is 11.5. The topological polar surface area (TPSA) is 46.3 Å². The molecule has 0 radical (unpaired) electrons. The van der Waals surface area contributed by atoms with E-state index < -0.39 is 0 Å². The predicted octanol–water partition coefficient (Wildman–Crippen LogP) is 2.61. The fourth-order valence-electron chi connectivity index (χ4n) is 1.81. The molecule has 0 aliphatic carbocycles. The van der Waals surface area contributed by atoms with Crippen LogP contribution < -0.4 is 0 Å². The van der Waals surface area contributed by atoms with E-state index in [0.717, 1.165) is 17.7 Å². The van der Waals surface area contributed by atoms with Crippen molar-refractivity contribution in [3.63, 3.8) is 0 Å². The number of rotatable bonds is 4. The van der Waals surface area contributed by atoms with Crippen LogP contribution in [0.25, 0.3) is 0 Å². The van der Waals surface area contributed by atoms with Crippen molar-refractivity contribution in [3.8, 4) is 0 Å². The van der Waals surface area contributed by atoms with Gasteiger partial charge in [0.1, 0.15) is 5.76 Å². The number of furan rings is 1. The van der Waals surface area contributed by atoms with E-state index in [2.05, 4.69) is 4.98 Å². The molecule has 0 aromatic carbocycles. The van der Waals surface area contributed by atoms with E-state index in [1.54, 1.807) is 30.4 Å². The van der Waals surface area contributed by atoms with Gasteiger partial charge in [0.2, 0.25) is 0 Å². The number of hydrogen-bond acceptors (Lipinski definition) is 3. The molecule has 2 aromatic rings. The molecule has 0 saturated heterocycles. The molecule has 0 aliphatic heterocycles. The molecule has 19 heavy (non-hydrogen) atoms. The van der Waals surface area contributed by atoms with E-state index in [-0.39, 0.29) is 5.91 Å². The summed E-state index contributed by atoms with van der Waals surface area (Å²) in [5.74, 6) is 1.13. The lowest BCUT2D eigenvalue weighted by Crippen LogP contribution is -2.28. The van der Waals surface area contributed by atoms with E-state index in [4.69, 9.17) is 4.42 Å². The lowest BCUT2D eigenvalue weighted by molar-refractivity contribution is 0.0764. The highest BCUT2D eigenvalue weighted by atomic mass is 16.4. The molecular formula is C15H18N2O2. The fourth-order valence-corrected chi connectivity index (χ4v) is 1.81. The van der Waals surface area contributed by atoms with Gasteiger partial charge in [-0.2, -0.15) is 0 Å². The minimum absolute atomic E-state index is 0.0785. The highest BCUT2D eigenvalue weighted by Gasteiger charge is 2.16. The minimum atomic E-state index is -0.0785. The van der Waals surface area contributed by atoms with Crippen LogP contribution in [-0.4, -0.2) is 29.4 Å². The molecule has 0 N–H and O–H groups in total. The summed E-state index contributed by atoms with van der Waals surface area (Å²) in [5, 5.41) is 0.